The number of alkyl halides is 1. The summed E-state index contributed by atoms with van der Waals surface area (Å²) in [4.78, 5) is 40.6. The van der Waals surface area contributed by atoms with Crippen LogP contribution in [0.4, 0.5) is 4.39 Å². The molecule has 4 aliphatic heterocycles. The van der Waals surface area contributed by atoms with E-state index in [-0.39, 0.29) is 24.2 Å². The molecule has 0 radical (unpaired) electrons. The molecule has 6 rings (SSSR count). The molecule has 4 heterocycles. The van der Waals surface area contributed by atoms with E-state index in [2.05, 4.69) is 15.5 Å². The summed E-state index contributed by atoms with van der Waals surface area (Å²) < 4.78 is 21.7. The molecule has 5 aliphatic rings. The van der Waals surface area contributed by atoms with Crippen LogP contribution >= 0.6 is 0 Å². The molecule has 4 fully saturated rings. The van der Waals surface area contributed by atoms with E-state index in [1.165, 1.54) is 0 Å². The number of nitrogens with one attached hydrogen (secondary N) is 2. The van der Waals surface area contributed by atoms with Crippen LogP contribution in [-0.2, 0) is 20.9 Å². The minimum absolute atomic E-state index is 0.187. The van der Waals surface area contributed by atoms with Gasteiger partial charge in [-0.3, -0.25) is 24.6 Å². The van der Waals surface area contributed by atoms with Crippen molar-refractivity contribution in [3.63, 3.8) is 0 Å². The zero-order chi connectivity index (χ0) is 24.8. The van der Waals surface area contributed by atoms with Crippen LogP contribution in [0, 0.1) is 0 Å². The second-order valence-electron chi connectivity index (χ2n) is 11.1. The minimum atomic E-state index is -0.954. The Hall–Kier alpha value is -2.36. The van der Waals surface area contributed by atoms with Gasteiger partial charge in [-0.2, -0.15) is 0 Å². The van der Waals surface area contributed by atoms with Gasteiger partial charge in [0, 0.05) is 37.0 Å². The van der Waals surface area contributed by atoms with Crippen LogP contribution in [0.1, 0.15) is 72.3 Å². The van der Waals surface area contributed by atoms with E-state index in [4.69, 9.17) is 4.74 Å². The third-order valence-electron chi connectivity index (χ3n) is 8.81. The van der Waals surface area contributed by atoms with Crippen LogP contribution in [0.5, 0.6) is 0 Å². The number of ether oxygens (including phenoxy) is 1. The monoisotopic (exact) mass is 498 g/mol. The van der Waals surface area contributed by atoms with Crippen molar-refractivity contribution in [3.05, 3.63) is 34.9 Å². The SMILES string of the molecule is O=C1CCC(N2Cc3cc([C@H]4CCN([C@H]5C[C@H](OC6CCNCC6)C5)C[C@H]4F)ccc3C2=O)C(=O)N1. The number of benzene rings is 1. The Labute approximate surface area is 210 Å². The predicted octanol–water partition coefficient (Wildman–Crippen LogP) is 1.87. The molecule has 3 atom stereocenters. The van der Waals surface area contributed by atoms with Gasteiger partial charge in [-0.25, -0.2) is 4.39 Å². The molecule has 2 N–H and O–H groups in total. The number of fused-ring (bicyclic) bond motifs is 1. The molecule has 1 aromatic carbocycles. The number of rotatable bonds is 5. The van der Waals surface area contributed by atoms with E-state index in [1.54, 1.807) is 11.0 Å². The highest BCUT2D eigenvalue weighted by Crippen LogP contribution is 2.38. The van der Waals surface area contributed by atoms with Gasteiger partial charge in [-0.05, 0) is 75.4 Å². The first-order valence-electron chi connectivity index (χ1n) is 13.5. The summed E-state index contributed by atoms with van der Waals surface area (Å²) in [7, 11) is 0. The molecule has 194 valence electrons. The van der Waals surface area contributed by atoms with E-state index >= 15 is 4.39 Å². The van der Waals surface area contributed by atoms with Crippen molar-refractivity contribution < 1.29 is 23.5 Å². The van der Waals surface area contributed by atoms with Gasteiger partial charge in [0.05, 0.1) is 12.2 Å². The quantitative estimate of drug-likeness (QED) is 0.603. The van der Waals surface area contributed by atoms with Crippen molar-refractivity contribution in [2.24, 2.45) is 0 Å². The molecule has 9 heteroatoms. The maximum Gasteiger partial charge on any atom is 0.255 e. The van der Waals surface area contributed by atoms with Crippen LogP contribution in [0.15, 0.2) is 18.2 Å². The number of carbonyl (C=O) groups excluding carboxylic acids is 3. The van der Waals surface area contributed by atoms with Crippen LogP contribution in [0.2, 0.25) is 0 Å². The second-order valence-corrected chi connectivity index (χ2v) is 11.1. The zero-order valence-electron chi connectivity index (χ0n) is 20.6. The largest absolute Gasteiger partial charge is 0.375 e. The average molecular weight is 499 g/mol. The van der Waals surface area contributed by atoms with Gasteiger partial charge in [0.25, 0.3) is 5.91 Å². The molecule has 0 aromatic heterocycles. The molecule has 3 amide bonds. The summed E-state index contributed by atoms with van der Waals surface area (Å²) in [6.45, 7) is 3.69. The van der Waals surface area contributed by atoms with Crippen molar-refractivity contribution in [1.29, 1.82) is 0 Å². The third kappa shape index (κ3) is 4.57. The fourth-order valence-electron chi connectivity index (χ4n) is 6.61. The van der Waals surface area contributed by atoms with Gasteiger partial charge < -0.3 is 15.0 Å². The summed E-state index contributed by atoms with van der Waals surface area (Å²) in [6.07, 6.45) is 5.21. The maximum atomic E-state index is 15.4. The summed E-state index contributed by atoms with van der Waals surface area (Å²) in [5.41, 5.74) is 2.35. The van der Waals surface area contributed by atoms with E-state index < -0.39 is 18.1 Å². The Morgan fingerprint density at radius 1 is 1.00 bits per heavy atom. The number of likely N-dealkylation sites (tertiary alicyclic amines) is 1. The lowest BCUT2D eigenvalue weighted by Crippen LogP contribution is -2.54. The van der Waals surface area contributed by atoms with Gasteiger partial charge >= 0.3 is 0 Å². The van der Waals surface area contributed by atoms with Crippen molar-refractivity contribution in [1.82, 2.24) is 20.4 Å². The summed E-state index contributed by atoms with van der Waals surface area (Å²) in [5, 5.41) is 5.70. The molecule has 3 saturated heterocycles. The average Bonchev–Trinajstić information content (AvgIpc) is 3.17. The van der Waals surface area contributed by atoms with Gasteiger partial charge in [0.1, 0.15) is 12.2 Å². The van der Waals surface area contributed by atoms with E-state index in [9.17, 15) is 14.4 Å². The van der Waals surface area contributed by atoms with Gasteiger partial charge in [0.2, 0.25) is 11.8 Å². The molecule has 0 spiro atoms. The van der Waals surface area contributed by atoms with Gasteiger partial charge in [-0.15, -0.1) is 0 Å². The Kier molecular flexibility index (Phi) is 6.56. The first-order valence-corrected chi connectivity index (χ1v) is 13.5. The standard InChI is InChI=1S/C27H35FN4O4/c28-23-15-31(18-12-20(13-18)36-19-5-8-29-9-6-19)10-7-21(23)16-1-2-22-17(11-16)14-32(27(22)35)24-3-4-25(33)30-26(24)34/h1-2,11,18-21,23-24,29H,3-10,12-15H2,(H,30,33,34)/t18-,20-,21-,23-,24?/m1/s1. The van der Waals surface area contributed by atoms with E-state index in [0.29, 0.717) is 43.3 Å². The summed E-state index contributed by atoms with van der Waals surface area (Å²) >= 11 is 0. The van der Waals surface area contributed by atoms with Crippen LogP contribution in [0.25, 0.3) is 0 Å². The summed E-state index contributed by atoms with van der Waals surface area (Å²) in [6, 6.07) is 5.40. The Balaban J connectivity index is 1.04. The fourth-order valence-corrected chi connectivity index (χ4v) is 6.61. The molecule has 8 nitrogen and oxygen atoms in total. The topological polar surface area (TPSA) is 91.0 Å². The highest BCUT2D eigenvalue weighted by atomic mass is 19.1. The van der Waals surface area contributed by atoms with Crippen LogP contribution in [0.3, 0.4) is 0 Å². The number of nitrogens with zero attached hydrogens (tertiary/aromatic N) is 2. The van der Waals surface area contributed by atoms with Crippen LogP contribution in [-0.4, -0.2) is 84.2 Å². The van der Waals surface area contributed by atoms with Gasteiger partial charge in [0.15, 0.2) is 0 Å². The number of piperidine rings is 3. The molecule has 1 unspecified atom stereocenters. The molecule has 1 saturated carbocycles. The number of amides is 3. The molecular formula is C27H35FN4O4. The highest BCUT2D eigenvalue weighted by Gasteiger charge is 2.42. The maximum absolute atomic E-state index is 15.4. The van der Waals surface area contributed by atoms with E-state index in [1.807, 2.05) is 12.1 Å². The highest BCUT2D eigenvalue weighted by molar-refractivity contribution is 6.05. The van der Waals surface area contributed by atoms with Crippen molar-refractivity contribution in [3.8, 4) is 0 Å². The molecule has 36 heavy (non-hydrogen) atoms. The van der Waals surface area contributed by atoms with Crippen LogP contribution < -0.4 is 10.6 Å². The van der Waals surface area contributed by atoms with Crippen molar-refractivity contribution in [2.75, 3.05) is 26.2 Å². The molecular weight excluding hydrogens is 463 g/mol. The molecule has 1 aliphatic carbocycles. The third-order valence-corrected chi connectivity index (χ3v) is 8.81. The second kappa shape index (κ2) is 9.84. The fraction of sp³-hybridized carbons (Fsp3) is 0.667. The Bertz CT molecular complexity index is 1040. The lowest BCUT2D eigenvalue weighted by atomic mass is 9.82. The lowest BCUT2D eigenvalue weighted by Gasteiger charge is -2.47. The first-order chi connectivity index (χ1) is 17.5. The van der Waals surface area contributed by atoms with Crippen molar-refractivity contribution >= 4 is 17.7 Å². The number of halogens is 1. The summed E-state index contributed by atoms with van der Waals surface area (Å²) in [5.74, 6) is -1.09. The van der Waals surface area contributed by atoms with Crippen molar-refractivity contribution in [2.45, 2.75) is 87.9 Å². The van der Waals surface area contributed by atoms with Gasteiger partial charge in [-0.1, -0.05) is 12.1 Å². The number of hydrogen-bond donors (Lipinski definition) is 2. The lowest BCUT2D eigenvalue weighted by molar-refractivity contribution is -0.136. The van der Waals surface area contributed by atoms with E-state index in [0.717, 1.165) is 62.9 Å². The molecule has 1 aromatic rings. The normalized spacial score (nSPS) is 33.9. The molecule has 0 bridgehead atoms. The smallest absolute Gasteiger partial charge is 0.255 e. The zero-order valence-corrected chi connectivity index (χ0v) is 20.6. The number of carbonyl (C=O) groups is 3. The Morgan fingerprint density at radius 3 is 2.56 bits per heavy atom. The number of imide groups is 1. The minimum Gasteiger partial charge on any atom is -0.375 e. The Morgan fingerprint density at radius 2 is 1.81 bits per heavy atom. The first kappa shape index (κ1) is 24.0. The number of hydrogen-bond acceptors (Lipinski definition) is 6. The predicted molar refractivity (Wildman–Crippen MR) is 130 cm³/mol.